The topological polar surface area (TPSA) is 99.8 Å². The normalized spacial score (nSPS) is 15.2. The minimum Gasteiger partial charge on any atom is -0.418 e. The van der Waals surface area contributed by atoms with Crippen LogP contribution in [0.1, 0.15) is 74.7 Å². The van der Waals surface area contributed by atoms with Crippen LogP contribution in [-0.2, 0) is 22.7 Å². The number of amides is 1. The number of fused-ring (bicyclic) bond motifs is 1. The average molecular weight is 566 g/mol. The molecule has 2 aromatic carbocycles. The zero-order chi connectivity index (χ0) is 29.9. The molecule has 3 aromatic rings. The van der Waals surface area contributed by atoms with Gasteiger partial charge in [0.05, 0.1) is 18.1 Å². The van der Waals surface area contributed by atoms with E-state index < -0.39 is 52.2 Å². The van der Waals surface area contributed by atoms with Crippen LogP contribution in [-0.4, -0.2) is 39.1 Å². The lowest BCUT2D eigenvalue weighted by Gasteiger charge is -2.37. The van der Waals surface area contributed by atoms with Crippen molar-refractivity contribution in [2.45, 2.75) is 66.3 Å². The summed E-state index contributed by atoms with van der Waals surface area (Å²) < 4.78 is 27.3. The molecule has 1 aliphatic heterocycles. The van der Waals surface area contributed by atoms with Crippen LogP contribution in [0.2, 0.25) is 0 Å². The van der Waals surface area contributed by atoms with E-state index in [1.165, 1.54) is 21.6 Å². The lowest BCUT2D eigenvalue weighted by atomic mass is 9.97. The molecule has 1 aliphatic rings. The zero-order valence-electron chi connectivity index (χ0n) is 24.1. The molecule has 0 saturated carbocycles. The Labute approximate surface area is 238 Å². The number of ether oxygens (including phenoxy) is 2. The highest BCUT2D eigenvalue weighted by atomic mass is 19.1. The van der Waals surface area contributed by atoms with Crippen molar-refractivity contribution in [3.05, 3.63) is 98.1 Å². The summed E-state index contributed by atoms with van der Waals surface area (Å²) >= 11 is 0. The molecule has 41 heavy (non-hydrogen) atoms. The average Bonchev–Trinajstić information content (AvgIpc) is 2.91. The maximum atomic E-state index is 13.9. The second kappa shape index (κ2) is 12.2. The van der Waals surface area contributed by atoms with Crippen molar-refractivity contribution >= 4 is 11.9 Å². The van der Waals surface area contributed by atoms with Gasteiger partial charge in [0.2, 0.25) is 5.75 Å². The van der Waals surface area contributed by atoms with Gasteiger partial charge in [-0.25, -0.2) is 9.18 Å². The molecule has 0 radical (unpaired) electrons. The van der Waals surface area contributed by atoms with Crippen LogP contribution in [0.25, 0.3) is 0 Å². The van der Waals surface area contributed by atoms with Gasteiger partial charge in [0.1, 0.15) is 5.82 Å². The molecular weight excluding hydrogens is 529 g/mol. The van der Waals surface area contributed by atoms with Crippen molar-refractivity contribution in [2.24, 2.45) is 5.41 Å². The van der Waals surface area contributed by atoms with Gasteiger partial charge < -0.3 is 14.4 Å². The van der Waals surface area contributed by atoms with E-state index in [0.717, 1.165) is 10.1 Å². The van der Waals surface area contributed by atoms with Gasteiger partial charge in [-0.1, -0.05) is 42.5 Å². The number of hydrogen-bond donors (Lipinski definition) is 0. The second-order valence-corrected chi connectivity index (χ2v) is 11.5. The van der Waals surface area contributed by atoms with Gasteiger partial charge in [-0.2, -0.15) is 0 Å². The molecule has 1 unspecified atom stereocenters. The number of carbonyl (C=O) groups excluding carboxylic acids is 2. The first-order chi connectivity index (χ1) is 19.4. The van der Waals surface area contributed by atoms with Crippen LogP contribution >= 0.6 is 0 Å². The first kappa shape index (κ1) is 29.9. The molecule has 0 saturated heterocycles. The summed E-state index contributed by atoms with van der Waals surface area (Å²) in [7, 11) is 0. The Morgan fingerprint density at radius 2 is 1.66 bits per heavy atom. The van der Waals surface area contributed by atoms with Crippen molar-refractivity contribution in [3.8, 4) is 5.75 Å². The summed E-state index contributed by atoms with van der Waals surface area (Å²) in [5.41, 5.74) is -1.08. The van der Waals surface area contributed by atoms with Gasteiger partial charge in [0, 0.05) is 25.7 Å². The fourth-order valence-corrected chi connectivity index (χ4v) is 4.67. The molecular formula is C31H36FN3O6. The van der Waals surface area contributed by atoms with Crippen molar-refractivity contribution in [2.75, 3.05) is 13.2 Å². The Morgan fingerprint density at radius 3 is 2.27 bits per heavy atom. The van der Waals surface area contributed by atoms with Gasteiger partial charge in [-0.3, -0.25) is 23.5 Å². The minimum absolute atomic E-state index is 0.106. The molecule has 0 fully saturated rings. The monoisotopic (exact) mass is 565 g/mol. The Bertz CT molecular complexity index is 1520. The molecule has 0 bridgehead atoms. The molecule has 10 heteroatoms. The van der Waals surface area contributed by atoms with Crippen LogP contribution in [0.3, 0.4) is 0 Å². The molecule has 0 N–H and O–H groups in total. The number of rotatable bonds is 9. The predicted molar refractivity (Wildman–Crippen MR) is 151 cm³/mol. The third-order valence-corrected chi connectivity index (χ3v) is 6.88. The minimum atomic E-state index is -0.973. The summed E-state index contributed by atoms with van der Waals surface area (Å²) in [4.78, 5) is 55.7. The Hall–Kier alpha value is -4.05. The predicted octanol–water partition coefficient (Wildman–Crippen LogP) is 4.49. The molecule has 0 aliphatic carbocycles. The van der Waals surface area contributed by atoms with E-state index in [0.29, 0.717) is 18.6 Å². The third kappa shape index (κ3) is 6.65. The molecule has 218 valence electrons. The molecule has 0 spiro atoms. The lowest BCUT2D eigenvalue weighted by Crippen LogP contribution is -2.53. The van der Waals surface area contributed by atoms with Gasteiger partial charge >= 0.3 is 11.7 Å². The van der Waals surface area contributed by atoms with Gasteiger partial charge in [-0.05, 0) is 64.3 Å². The number of halogens is 1. The van der Waals surface area contributed by atoms with E-state index in [1.54, 1.807) is 46.8 Å². The van der Waals surface area contributed by atoms with E-state index in [2.05, 4.69) is 0 Å². The molecule has 1 aromatic heterocycles. The van der Waals surface area contributed by atoms with E-state index in [9.17, 15) is 23.6 Å². The van der Waals surface area contributed by atoms with Gasteiger partial charge in [0.15, 0.2) is 5.69 Å². The number of carbonyl (C=O) groups is 2. The Balaban J connectivity index is 1.78. The molecule has 4 rings (SSSR count). The Morgan fingerprint density at radius 1 is 1.00 bits per heavy atom. The standard InChI is InChI=1S/C31H36FN3O6/c1-20(2)34-28(37)26(41-29(38)31(3,4)5)25-27(36)33(17-21-11-13-23(32)14-12-21)18-24(35(25)30(34)39)15-16-40-19-22-9-7-6-8-10-22/h6-14,20,24H,15-19H2,1-5H3. The summed E-state index contributed by atoms with van der Waals surface area (Å²) in [6, 6.07) is 14.2. The van der Waals surface area contributed by atoms with Gasteiger partial charge in [-0.15, -0.1) is 0 Å². The van der Waals surface area contributed by atoms with E-state index >= 15 is 0 Å². The molecule has 1 atom stereocenters. The summed E-state index contributed by atoms with van der Waals surface area (Å²) in [5.74, 6) is -2.22. The first-order valence-electron chi connectivity index (χ1n) is 13.7. The zero-order valence-corrected chi connectivity index (χ0v) is 24.1. The van der Waals surface area contributed by atoms with E-state index in [1.807, 2.05) is 30.3 Å². The van der Waals surface area contributed by atoms with Crippen molar-refractivity contribution < 1.29 is 23.5 Å². The van der Waals surface area contributed by atoms with Crippen LogP contribution in [0, 0.1) is 11.2 Å². The number of esters is 1. The SMILES string of the molecule is CC(C)n1c(=O)c(OC(=O)C(C)(C)C)c2n(c1=O)C(CCOCc1ccccc1)CN(Cc1ccc(F)cc1)C2=O. The van der Waals surface area contributed by atoms with E-state index in [-0.39, 0.29) is 25.4 Å². The largest absolute Gasteiger partial charge is 0.418 e. The summed E-state index contributed by atoms with van der Waals surface area (Å²) in [6.45, 7) is 9.13. The van der Waals surface area contributed by atoms with Crippen LogP contribution < -0.4 is 16.0 Å². The molecule has 1 amide bonds. The second-order valence-electron chi connectivity index (χ2n) is 11.5. The highest BCUT2D eigenvalue weighted by Crippen LogP contribution is 2.29. The maximum absolute atomic E-state index is 13.9. The number of hydrogen-bond acceptors (Lipinski definition) is 6. The highest BCUT2D eigenvalue weighted by molar-refractivity contribution is 5.96. The number of nitrogens with zero attached hydrogens (tertiary/aromatic N) is 3. The molecule has 9 nitrogen and oxygen atoms in total. The summed E-state index contributed by atoms with van der Waals surface area (Å²) in [5, 5.41) is 0. The highest BCUT2D eigenvalue weighted by Gasteiger charge is 2.39. The van der Waals surface area contributed by atoms with Crippen LogP contribution in [0.5, 0.6) is 5.75 Å². The van der Waals surface area contributed by atoms with Crippen molar-refractivity contribution in [3.63, 3.8) is 0 Å². The fourth-order valence-electron chi connectivity index (χ4n) is 4.67. The maximum Gasteiger partial charge on any atom is 0.332 e. The fraction of sp³-hybridized carbons (Fsp3) is 0.419. The quantitative estimate of drug-likeness (QED) is 0.280. The van der Waals surface area contributed by atoms with Crippen LogP contribution in [0.4, 0.5) is 4.39 Å². The van der Waals surface area contributed by atoms with Crippen LogP contribution in [0.15, 0.2) is 64.2 Å². The van der Waals surface area contributed by atoms with Crippen molar-refractivity contribution in [1.82, 2.24) is 14.0 Å². The van der Waals surface area contributed by atoms with Crippen molar-refractivity contribution in [1.29, 1.82) is 0 Å². The number of benzene rings is 2. The Kier molecular flexibility index (Phi) is 8.92. The van der Waals surface area contributed by atoms with E-state index in [4.69, 9.17) is 9.47 Å². The summed E-state index contributed by atoms with van der Waals surface area (Å²) in [6.07, 6.45) is 0.343. The smallest absolute Gasteiger partial charge is 0.332 e. The number of aromatic nitrogens is 2. The lowest BCUT2D eigenvalue weighted by molar-refractivity contribution is -0.143. The first-order valence-corrected chi connectivity index (χ1v) is 13.7. The van der Waals surface area contributed by atoms with Gasteiger partial charge in [0.25, 0.3) is 11.5 Å². The third-order valence-electron chi connectivity index (χ3n) is 6.88. The molecule has 2 heterocycles.